The highest BCUT2D eigenvalue weighted by Crippen LogP contribution is 2.19. The number of rotatable bonds is 5. The molecule has 6 nitrogen and oxygen atoms in total. The highest BCUT2D eigenvalue weighted by Gasteiger charge is 2.15. The van der Waals surface area contributed by atoms with Crippen LogP contribution in [0.3, 0.4) is 0 Å². The van der Waals surface area contributed by atoms with Crippen molar-refractivity contribution in [1.82, 2.24) is 20.0 Å². The highest BCUT2D eigenvalue weighted by molar-refractivity contribution is 7.15. The lowest BCUT2D eigenvalue weighted by Gasteiger charge is -2.02. The zero-order valence-corrected chi connectivity index (χ0v) is 13.9. The van der Waals surface area contributed by atoms with Gasteiger partial charge in [0.1, 0.15) is 5.01 Å². The zero-order chi connectivity index (χ0) is 15.6. The quantitative estimate of drug-likeness (QED) is 0.919. The van der Waals surface area contributed by atoms with Gasteiger partial charge in [0, 0.05) is 24.7 Å². The predicted octanol–water partition coefficient (Wildman–Crippen LogP) is 2.27. The van der Waals surface area contributed by atoms with E-state index < -0.39 is 0 Å². The largest absolute Gasteiger partial charge is 0.300 e. The molecule has 2 aromatic heterocycles. The van der Waals surface area contributed by atoms with Crippen molar-refractivity contribution < 1.29 is 4.79 Å². The standard InChI is InChI=1S/C14H21N5OS/c1-8(2)6-13-16-17-14(21-13)15-12(20)7-11-9(3)18-19(5)10(11)4/h8H,6-7H2,1-5H3,(H,15,17,20). The third kappa shape index (κ3) is 3.87. The Morgan fingerprint density at radius 3 is 2.62 bits per heavy atom. The molecular formula is C14H21N5OS. The molecule has 1 N–H and O–H groups in total. The number of aryl methyl sites for hydroxylation is 2. The summed E-state index contributed by atoms with van der Waals surface area (Å²) in [6, 6.07) is 0. The van der Waals surface area contributed by atoms with Crippen molar-refractivity contribution >= 4 is 22.4 Å². The molecule has 7 heteroatoms. The van der Waals surface area contributed by atoms with Crippen molar-refractivity contribution in [3.8, 4) is 0 Å². The summed E-state index contributed by atoms with van der Waals surface area (Å²) in [5.74, 6) is 0.448. The Kier molecular flexibility index (Phi) is 4.72. The van der Waals surface area contributed by atoms with E-state index in [0.717, 1.165) is 28.4 Å². The monoisotopic (exact) mass is 307 g/mol. The van der Waals surface area contributed by atoms with Gasteiger partial charge in [-0.25, -0.2) is 0 Å². The Morgan fingerprint density at radius 1 is 1.33 bits per heavy atom. The Labute approximate surface area is 128 Å². The van der Waals surface area contributed by atoms with Crippen molar-refractivity contribution in [2.75, 3.05) is 5.32 Å². The van der Waals surface area contributed by atoms with Gasteiger partial charge in [0.25, 0.3) is 0 Å². The number of carbonyl (C=O) groups is 1. The molecule has 0 atom stereocenters. The molecule has 0 bridgehead atoms. The van der Waals surface area contributed by atoms with Gasteiger partial charge in [-0.15, -0.1) is 10.2 Å². The molecule has 0 aliphatic carbocycles. The molecule has 2 rings (SSSR count). The predicted molar refractivity (Wildman–Crippen MR) is 83.5 cm³/mol. The number of nitrogens with one attached hydrogen (secondary N) is 1. The topological polar surface area (TPSA) is 72.7 Å². The second kappa shape index (κ2) is 6.34. The molecule has 0 spiro atoms. The van der Waals surface area contributed by atoms with Gasteiger partial charge in [-0.1, -0.05) is 25.2 Å². The Morgan fingerprint density at radius 2 is 2.05 bits per heavy atom. The fourth-order valence-electron chi connectivity index (χ4n) is 2.13. The van der Waals surface area contributed by atoms with Crippen LogP contribution in [0.15, 0.2) is 0 Å². The van der Waals surface area contributed by atoms with Gasteiger partial charge in [0.05, 0.1) is 12.1 Å². The third-order valence-corrected chi connectivity index (χ3v) is 4.15. The average Bonchev–Trinajstić information content (AvgIpc) is 2.89. The first kappa shape index (κ1) is 15.6. The minimum Gasteiger partial charge on any atom is -0.300 e. The highest BCUT2D eigenvalue weighted by atomic mass is 32.1. The number of nitrogens with zero attached hydrogens (tertiary/aromatic N) is 4. The minimum atomic E-state index is -0.0820. The van der Waals surface area contributed by atoms with E-state index in [2.05, 4.69) is 34.5 Å². The number of aromatic nitrogens is 4. The van der Waals surface area contributed by atoms with Crippen molar-refractivity contribution in [2.24, 2.45) is 13.0 Å². The average molecular weight is 307 g/mol. The summed E-state index contributed by atoms with van der Waals surface area (Å²) in [7, 11) is 1.88. The van der Waals surface area contributed by atoms with Crippen LogP contribution in [-0.4, -0.2) is 25.9 Å². The van der Waals surface area contributed by atoms with E-state index in [9.17, 15) is 4.79 Å². The number of amides is 1. The molecule has 0 saturated carbocycles. The van der Waals surface area contributed by atoms with Gasteiger partial charge >= 0.3 is 0 Å². The Balaban J connectivity index is 2.00. The second-order valence-corrected chi connectivity index (χ2v) is 6.66. The SMILES string of the molecule is Cc1nn(C)c(C)c1CC(=O)Nc1nnc(CC(C)C)s1. The molecule has 2 aromatic rings. The van der Waals surface area contributed by atoms with E-state index in [1.807, 2.05) is 20.9 Å². The normalized spacial score (nSPS) is 11.1. The molecule has 0 aromatic carbocycles. The lowest BCUT2D eigenvalue weighted by Crippen LogP contribution is -2.15. The Hall–Kier alpha value is -1.76. The van der Waals surface area contributed by atoms with Crippen LogP contribution in [0.4, 0.5) is 5.13 Å². The Bertz CT molecular complexity index is 644. The van der Waals surface area contributed by atoms with E-state index in [1.54, 1.807) is 4.68 Å². The summed E-state index contributed by atoms with van der Waals surface area (Å²) in [4.78, 5) is 12.1. The molecule has 1 amide bonds. The van der Waals surface area contributed by atoms with Crippen LogP contribution in [0, 0.1) is 19.8 Å². The van der Waals surface area contributed by atoms with E-state index in [0.29, 0.717) is 17.5 Å². The summed E-state index contributed by atoms with van der Waals surface area (Å²) in [6.45, 7) is 8.15. The van der Waals surface area contributed by atoms with Crippen LogP contribution in [0.25, 0.3) is 0 Å². The summed E-state index contributed by atoms with van der Waals surface area (Å²) in [5.41, 5.74) is 2.88. The number of hydrogen-bond donors (Lipinski definition) is 1. The molecular weight excluding hydrogens is 286 g/mol. The van der Waals surface area contributed by atoms with Crippen molar-refractivity contribution in [1.29, 1.82) is 0 Å². The summed E-state index contributed by atoms with van der Waals surface area (Å²) < 4.78 is 1.80. The maximum Gasteiger partial charge on any atom is 0.230 e. The molecule has 21 heavy (non-hydrogen) atoms. The summed E-state index contributed by atoms with van der Waals surface area (Å²) in [5, 5.41) is 16.8. The molecule has 0 fully saturated rings. The van der Waals surface area contributed by atoms with Gasteiger partial charge < -0.3 is 5.32 Å². The van der Waals surface area contributed by atoms with Crippen LogP contribution in [0.1, 0.15) is 35.8 Å². The first-order chi connectivity index (χ1) is 9.86. The van der Waals surface area contributed by atoms with E-state index >= 15 is 0 Å². The molecule has 0 aliphatic rings. The molecule has 2 heterocycles. The minimum absolute atomic E-state index is 0.0820. The van der Waals surface area contributed by atoms with Gasteiger partial charge in [-0.2, -0.15) is 5.10 Å². The van der Waals surface area contributed by atoms with Gasteiger partial charge in [0.15, 0.2) is 0 Å². The summed E-state index contributed by atoms with van der Waals surface area (Å²) in [6.07, 6.45) is 1.19. The molecule has 0 aliphatic heterocycles. The van der Waals surface area contributed by atoms with Crippen LogP contribution in [-0.2, 0) is 24.7 Å². The molecule has 0 saturated heterocycles. The maximum atomic E-state index is 12.1. The van der Waals surface area contributed by atoms with Gasteiger partial charge in [0.2, 0.25) is 11.0 Å². The smallest absolute Gasteiger partial charge is 0.230 e. The molecule has 114 valence electrons. The molecule has 0 unspecified atom stereocenters. The van der Waals surface area contributed by atoms with Gasteiger partial charge in [-0.3, -0.25) is 9.48 Å². The fraction of sp³-hybridized carbons (Fsp3) is 0.571. The van der Waals surface area contributed by atoms with Crippen LogP contribution >= 0.6 is 11.3 Å². The van der Waals surface area contributed by atoms with E-state index in [4.69, 9.17) is 0 Å². The first-order valence-corrected chi connectivity index (χ1v) is 7.79. The number of anilines is 1. The first-order valence-electron chi connectivity index (χ1n) is 6.98. The maximum absolute atomic E-state index is 12.1. The van der Waals surface area contributed by atoms with E-state index in [-0.39, 0.29) is 5.91 Å². The van der Waals surface area contributed by atoms with E-state index in [1.165, 1.54) is 11.3 Å². The lowest BCUT2D eigenvalue weighted by atomic mass is 10.1. The van der Waals surface area contributed by atoms with Crippen LogP contribution in [0.2, 0.25) is 0 Å². The molecule has 0 radical (unpaired) electrons. The number of hydrogen-bond acceptors (Lipinski definition) is 5. The van der Waals surface area contributed by atoms with Crippen molar-refractivity contribution in [3.05, 3.63) is 22.0 Å². The van der Waals surface area contributed by atoms with Crippen molar-refractivity contribution in [3.63, 3.8) is 0 Å². The fourth-order valence-corrected chi connectivity index (χ4v) is 3.10. The van der Waals surface area contributed by atoms with Crippen molar-refractivity contribution in [2.45, 2.75) is 40.5 Å². The second-order valence-electron chi connectivity index (χ2n) is 5.60. The number of carbonyl (C=O) groups excluding carboxylic acids is 1. The lowest BCUT2D eigenvalue weighted by molar-refractivity contribution is -0.115. The summed E-state index contributed by atoms with van der Waals surface area (Å²) >= 11 is 1.44. The van der Waals surface area contributed by atoms with Gasteiger partial charge in [-0.05, 0) is 19.8 Å². The van der Waals surface area contributed by atoms with Crippen LogP contribution in [0.5, 0.6) is 0 Å². The third-order valence-electron chi connectivity index (χ3n) is 3.29. The zero-order valence-electron chi connectivity index (χ0n) is 13.1. The van der Waals surface area contributed by atoms with Crippen LogP contribution < -0.4 is 5.32 Å².